The van der Waals surface area contributed by atoms with Crippen molar-refractivity contribution in [3.63, 3.8) is 0 Å². The predicted molar refractivity (Wildman–Crippen MR) is 72.4 cm³/mol. The van der Waals surface area contributed by atoms with Crippen molar-refractivity contribution in [2.75, 3.05) is 26.2 Å². The lowest BCUT2D eigenvalue weighted by atomic mass is 10.1. The maximum atomic E-state index is 11.9. The minimum Gasteiger partial charge on any atom is -0.444 e. The minimum atomic E-state index is -0.415. The summed E-state index contributed by atoms with van der Waals surface area (Å²) in [6, 6.07) is 0.334. The van der Waals surface area contributed by atoms with Gasteiger partial charge in [-0.2, -0.15) is 0 Å². The predicted octanol–water partition coefficient (Wildman–Crippen LogP) is 1.18. The number of nitrogens with two attached hydrogens (primary N) is 1. The van der Waals surface area contributed by atoms with E-state index in [1.807, 2.05) is 20.8 Å². The van der Waals surface area contributed by atoms with Crippen LogP contribution in [-0.4, -0.2) is 48.8 Å². The lowest BCUT2D eigenvalue weighted by Crippen LogP contribution is -2.38. The zero-order chi connectivity index (χ0) is 13.8. The summed E-state index contributed by atoms with van der Waals surface area (Å²) in [4.78, 5) is 13.7. The summed E-state index contributed by atoms with van der Waals surface area (Å²) in [5, 5.41) is 3.38. The van der Waals surface area contributed by atoms with Crippen molar-refractivity contribution in [1.82, 2.24) is 10.2 Å². The Labute approximate surface area is 110 Å². The number of nitrogens with zero attached hydrogens (tertiary/aromatic N) is 1. The van der Waals surface area contributed by atoms with Crippen molar-refractivity contribution in [2.45, 2.75) is 45.8 Å². The average Bonchev–Trinajstić information content (AvgIpc) is 2.72. The lowest BCUT2D eigenvalue weighted by molar-refractivity contribution is 0.0288. The maximum Gasteiger partial charge on any atom is 0.410 e. The molecule has 3 N–H and O–H groups in total. The molecule has 0 aromatic rings. The van der Waals surface area contributed by atoms with Gasteiger partial charge in [0.1, 0.15) is 5.60 Å². The van der Waals surface area contributed by atoms with Crippen molar-refractivity contribution < 1.29 is 9.53 Å². The summed E-state index contributed by atoms with van der Waals surface area (Å²) in [7, 11) is 0. The van der Waals surface area contributed by atoms with E-state index in [0.717, 1.165) is 26.1 Å². The summed E-state index contributed by atoms with van der Waals surface area (Å²) in [5.41, 5.74) is 5.14. The first-order valence-corrected chi connectivity index (χ1v) is 6.73. The van der Waals surface area contributed by atoms with E-state index in [-0.39, 0.29) is 6.09 Å². The lowest BCUT2D eigenvalue weighted by Gasteiger charge is -2.24. The molecule has 18 heavy (non-hydrogen) atoms. The van der Waals surface area contributed by atoms with Crippen LogP contribution < -0.4 is 11.1 Å². The first kappa shape index (κ1) is 15.2. The highest BCUT2D eigenvalue weighted by atomic mass is 16.6. The summed E-state index contributed by atoms with van der Waals surface area (Å²) < 4.78 is 5.36. The third kappa shape index (κ3) is 5.23. The molecule has 0 aliphatic carbocycles. The number of amides is 1. The zero-order valence-electron chi connectivity index (χ0n) is 12.0. The molecule has 0 spiro atoms. The molecule has 0 saturated carbocycles. The second kappa shape index (κ2) is 6.38. The Bertz CT molecular complexity index is 276. The standard InChI is InChI=1S/C13H27N3O2/c1-10(7-14)15-8-11-5-6-16(9-11)12(17)18-13(2,3)4/h10-11,15H,5-9,14H2,1-4H3. The van der Waals surface area contributed by atoms with E-state index < -0.39 is 5.60 Å². The molecule has 1 amide bonds. The van der Waals surface area contributed by atoms with Gasteiger partial charge in [0.05, 0.1) is 0 Å². The number of rotatable bonds is 4. The monoisotopic (exact) mass is 257 g/mol. The molecule has 5 nitrogen and oxygen atoms in total. The van der Waals surface area contributed by atoms with Crippen molar-refractivity contribution >= 4 is 6.09 Å². The van der Waals surface area contributed by atoms with E-state index in [9.17, 15) is 4.79 Å². The first-order chi connectivity index (χ1) is 8.31. The molecule has 0 aromatic heterocycles. The molecule has 1 rings (SSSR count). The van der Waals surface area contributed by atoms with Crippen LogP contribution in [0.15, 0.2) is 0 Å². The summed E-state index contributed by atoms with van der Waals surface area (Å²) in [5.74, 6) is 0.506. The number of hydrogen-bond acceptors (Lipinski definition) is 4. The van der Waals surface area contributed by atoms with Gasteiger partial charge in [0, 0.05) is 32.2 Å². The third-order valence-corrected chi connectivity index (χ3v) is 3.05. The highest BCUT2D eigenvalue weighted by Crippen LogP contribution is 2.18. The molecule has 1 aliphatic heterocycles. The van der Waals surface area contributed by atoms with Crippen molar-refractivity contribution in [3.05, 3.63) is 0 Å². The van der Waals surface area contributed by atoms with Crippen LogP contribution in [0.3, 0.4) is 0 Å². The van der Waals surface area contributed by atoms with Crippen LogP contribution in [0.1, 0.15) is 34.1 Å². The van der Waals surface area contributed by atoms with E-state index in [1.54, 1.807) is 4.90 Å². The van der Waals surface area contributed by atoms with Crippen LogP contribution in [0.4, 0.5) is 4.79 Å². The molecule has 2 atom stereocenters. The van der Waals surface area contributed by atoms with E-state index >= 15 is 0 Å². The molecule has 1 heterocycles. The number of carbonyl (C=O) groups excluding carboxylic acids is 1. The molecule has 106 valence electrons. The molecule has 0 radical (unpaired) electrons. The maximum absolute atomic E-state index is 11.9. The van der Waals surface area contributed by atoms with Gasteiger partial charge in [-0.15, -0.1) is 0 Å². The fourth-order valence-electron chi connectivity index (χ4n) is 1.94. The second-order valence-electron chi connectivity index (χ2n) is 6.13. The van der Waals surface area contributed by atoms with E-state index in [2.05, 4.69) is 12.2 Å². The highest BCUT2D eigenvalue weighted by Gasteiger charge is 2.29. The second-order valence-corrected chi connectivity index (χ2v) is 6.13. The first-order valence-electron chi connectivity index (χ1n) is 6.73. The Morgan fingerprint density at radius 1 is 1.56 bits per heavy atom. The Balaban J connectivity index is 2.30. The molecule has 1 aliphatic rings. The van der Waals surface area contributed by atoms with E-state index in [4.69, 9.17) is 10.5 Å². The number of carbonyl (C=O) groups is 1. The number of likely N-dealkylation sites (tertiary alicyclic amines) is 1. The minimum absolute atomic E-state index is 0.197. The van der Waals surface area contributed by atoms with Crippen molar-refractivity contribution in [2.24, 2.45) is 11.7 Å². The van der Waals surface area contributed by atoms with Gasteiger partial charge >= 0.3 is 6.09 Å². The SMILES string of the molecule is CC(CN)NCC1CCN(C(=O)OC(C)(C)C)C1. The van der Waals surface area contributed by atoms with E-state index in [1.165, 1.54) is 0 Å². The smallest absolute Gasteiger partial charge is 0.410 e. The average molecular weight is 257 g/mol. The normalized spacial score (nSPS) is 22.1. The van der Waals surface area contributed by atoms with Crippen LogP contribution in [0.2, 0.25) is 0 Å². The molecular formula is C13H27N3O2. The van der Waals surface area contributed by atoms with Crippen LogP contribution >= 0.6 is 0 Å². The van der Waals surface area contributed by atoms with Crippen LogP contribution in [0, 0.1) is 5.92 Å². The van der Waals surface area contributed by atoms with Crippen molar-refractivity contribution in [3.8, 4) is 0 Å². The van der Waals surface area contributed by atoms with Gasteiger partial charge < -0.3 is 20.7 Å². The van der Waals surface area contributed by atoms with Gasteiger partial charge in [-0.1, -0.05) is 0 Å². The zero-order valence-corrected chi connectivity index (χ0v) is 12.0. The Hall–Kier alpha value is -0.810. The molecular weight excluding hydrogens is 230 g/mol. The van der Waals surface area contributed by atoms with Gasteiger partial charge in [-0.25, -0.2) is 4.79 Å². The largest absolute Gasteiger partial charge is 0.444 e. The Kier molecular flexibility index (Phi) is 5.41. The summed E-state index contributed by atoms with van der Waals surface area (Å²) in [6.07, 6.45) is 0.834. The molecule has 5 heteroatoms. The molecule has 1 fully saturated rings. The Morgan fingerprint density at radius 2 is 2.22 bits per heavy atom. The highest BCUT2D eigenvalue weighted by molar-refractivity contribution is 5.68. The number of nitrogens with one attached hydrogen (secondary N) is 1. The molecule has 1 saturated heterocycles. The summed E-state index contributed by atoms with van der Waals surface area (Å²) in [6.45, 7) is 10.9. The van der Waals surface area contributed by atoms with Crippen LogP contribution in [-0.2, 0) is 4.74 Å². The third-order valence-electron chi connectivity index (χ3n) is 3.05. The fraction of sp³-hybridized carbons (Fsp3) is 0.923. The Morgan fingerprint density at radius 3 is 2.78 bits per heavy atom. The van der Waals surface area contributed by atoms with Gasteiger partial charge in [0.2, 0.25) is 0 Å². The number of ether oxygens (including phenoxy) is 1. The van der Waals surface area contributed by atoms with Crippen molar-refractivity contribution in [1.29, 1.82) is 0 Å². The van der Waals surface area contributed by atoms with Crippen LogP contribution in [0.5, 0.6) is 0 Å². The topological polar surface area (TPSA) is 67.6 Å². The van der Waals surface area contributed by atoms with E-state index in [0.29, 0.717) is 18.5 Å². The quantitative estimate of drug-likeness (QED) is 0.793. The van der Waals surface area contributed by atoms with Gasteiger partial charge in [-0.3, -0.25) is 0 Å². The summed E-state index contributed by atoms with van der Waals surface area (Å²) >= 11 is 0. The molecule has 0 bridgehead atoms. The van der Waals surface area contributed by atoms with Gasteiger partial charge in [0.15, 0.2) is 0 Å². The molecule has 2 unspecified atom stereocenters. The fourth-order valence-corrected chi connectivity index (χ4v) is 1.94. The van der Waals surface area contributed by atoms with Crippen LogP contribution in [0.25, 0.3) is 0 Å². The number of hydrogen-bond donors (Lipinski definition) is 2. The van der Waals surface area contributed by atoms with Gasteiger partial charge in [-0.05, 0) is 40.0 Å². The van der Waals surface area contributed by atoms with Gasteiger partial charge in [0.25, 0.3) is 0 Å². The molecule has 0 aromatic carbocycles.